The number of nitrogens with zero attached hydrogens (tertiary/aromatic N) is 1. The summed E-state index contributed by atoms with van der Waals surface area (Å²) >= 11 is 2.11. The van der Waals surface area contributed by atoms with Crippen LogP contribution in [-0.4, -0.2) is 36.0 Å². The van der Waals surface area contributed by atoms with Crippen molar-refractivity contribution in [3.05, 3.63) is 0 Å². The zero-order valence-electron chi connectivity index (χ0n) is 9.31. The molecule has 0 aliphatic carbocycles. The van der Waals surface area contributed by atoms with Crippen LogP contribution >= 0.6 is 11.8 Å². The van der Waals surface area contributed by atoms with Gasteiger partial charge in [-0.3, -0.25) is 0 Å². The van der Waals surface area contributed by atoms with Gasteiger partial charge in [-0.15, -0.1) is 0 Å². The minimum atomic E-state index is 0.509. The monoisotopic (exact) mass is 201 g/mol. The highest BCUT2D eigenvalue weighted by Gasteiger charge is 2.20. The van der Waals surface area contributed by atoms with Crippen LogP contribution < -0.4 is 0 Å². The predicted molar refractivity (Wildman–Crippen MR) is 62.5 cm³/mol. The zero-order valence-corrected chi connectivity index (χ0v) is 10.1. The molecule has 0 unspecified atom stereocenters. The number of hydrogen-bond donors (Lipinski definition) is 0. The van der Waals surface area contributed by atoms with Crippen LogP contribution in [0.15, 0.2) is 0 Å². The molecular weight excluding hydrogens is 178 g/mol. The van der Waals surface area contributed by atoms with Crippen LogP contribution in [0, 0.1) is 5.41 Å². The summed E-state index contributed by atoms with van der Waals surface area (Å²) < 4.78 is 0. The lowest BCUT2D eigenvalue weighted by Gasteiger charge is -2.30. The van der Waals surface area contributed by atoms with Crippen molar-refractivity contribution in [3.63, 3.8) is 0 Å². The Labute approximate surface area is 87.3 Å². The van der Waals surface area contributed by atoms with Crippen LogP contribution in [0.3, 0.4) is 0 Å². The first kappa shape index (κ1) is 11.4. The topological polar surface area (TPSA) is 3.24 Å². The molecule has 1 nitrogen and oxygen atoms in total. The summed E-state index contributed by atoms with van der Waals surface area (Å²) in [5, 5.41) is 0. The number of hydrogen-bond acceptors (Lipinski definition) is 2. The van der Waals surface area contributed by atoms with Gasteiger partial charge >= 0.3 is 0 Å². The van der Waals surface area contributed by atoms with Crippen LogP contribution in [0.1, 0.15) is 33.6 Å². The SMILES string of the molecule is CCC(C)(C)CN1CCCSCC1. The Balaban J connectivity index is 2.33. The maximum absolute atomic E-state index is 2.64. The molecule has 13 heavy (non-hydrogen) atoms. The molecule has 1 aliphatic heterocycles. The van der Waals surface area contributed by atoms with Gasteiger partial charge in [0, 0.05) is 18.8 Å². The zero-order chi connectivity index (χ0) is 9.73. The molecule has 1 fully saturated rings. The van der Waals surface area contributed by atoms with Gasteiger partial charge in [-0.25, -0.2) is 0 Å². The van der Waals surface area contributed by atoms with Gasteiger partial charge in [0.25, 0.3) is 0 Å². The van der Waals surface area contributed by atoms with E-state index in [1.165, 1.54) is 44.0 Å². The van der Waals surface area contributed by atoms with Crippen LogP contribution in [0.5, 0.6) is 0 Å². The Bertz CT molecular complexity index is 137. The summed E-state index contributed by atoms with van der Waals surface area (Å²) in [6.07, 6.45) is 2.67. The van der Waals surface area contributed by atoms with E-state index in [9.17, 15) is 0 Å². The summed E-state index contributed by atoms with van der Waals surface area (Å²) in [6.45, 7) is 11.0. The average molecular weight is 201 g/mol. The van der Waals surface area contributed by atoms with Gasteiger partial charge in [0.15, 0.2) is 0 Å². The van der Waals surface area contributed by atoms with Gasteiger partial charge in [0.2, 0.25) is 0 Å². The van der Waals surface area contributed by atoms with Crippen LogP contribution in [0.2, 0.25) is 0 Å². The third-order valence-electron chi connectivity index (χ3n) is 2.92. The van der Waals surface area contributed by atoms with Gasteiger partial charge in [-0.1, -0.05) is 20.8 Å². The Morgan fingerprint density at radius 1 is 1.23 bits per heavy atom. The first-order chi connectivity index (χ1) is 6.14. The third-order valence-corrected chi connectivity index (χ3v) is 3.97. The lowest BCUT2D eigenvalue weighted by molar-refractivity contribution is 0.183. The molecule has 0 N–H and O–H groups in total. The summed E-state index contributed by atoms with van der Waals surface area (Å²) in [4.78, 5) is 2.64. The maximum Gasteiger partial charge on any atom is 0.00726 e. The predicted octanol–water partition coefficient (Wildman–Crippen LogP) is 2.86. The van der Waals surface area contributed by atoms with Crippen molar-refractivity contribution in [2.45, 2.75) is 33.6 Å². The van der Waals surface area contributed by atoms with Crippen LogP contribution in [-0.2, 0) is 0 Å². The fourth-order valence-corrected chi connectivity index (χ4v) is 2.60. The smallest absolute Gasteiger partial charge is 0.00726 e. The van der Waals surface area contributed by atoms with E-state index in [0.29, 0.717) is 5.41 Å². The molecule has 0 aromatic carbocycles. The third kappa shape index (κ3) is 4.37. The molecule has 0 radical (unpaired) electrons. The van der Waals surface area contributed by atoms with E-state index in [4.69, 9.17) is 0 Å². The van der Waals surface area contributed by atoms with E-state index in [-0.39, 0.29) is 0 Å². The minimum Gasteiger partial charge on any atom is -0.302 e. The Morgan fingerprint density at radius 2 is 2.00 bits per heavy atom. The highest BCUT2D eigenvalue weighted by atomic mass is 32.2. The number of rotatable bonds is 3. The lowest BCUT2D eigenvalue weighted by Crippen LogP contribution is -2.35. The molecule has 0 spiro atoms. The Hall–Kier alpha value is 0.310. The summed E-state index contributed by atoms with van der Waals surface area (Å²) in [7, 11) is 0. The standard InChI is InChI=1S/C11H23NS/c1-4-11(2,3)10-12-6-5-8-13-9-7-12/h4-10H2,1-3H3. The van der Waals surface area contributed by atoms with Crippen molar-refractivity contribution in [2.24, 2.45) is 5.41 Å². The van der Waals surface area contributed by atoms with Crippen molar-refractivity contribution in [1.29, 1.82) is 0 Å². The second kappa shape index (κ2) is 5.26. The fourth-order valence-electron chi connectivity index (χ4n) is 1.67. The normalized spacial score (nSPS) is 21.5. The number of thioether (sulfide) groups is 1. The molecule has 1 rings (SSSR count). The van der Waals surface area contributed by atoms with Gasteiger partial charge in [0.1, 0.15) is 0 Å². The van der Waals surface area contributed by atoms with E-state index < -0.39 is 0 Å². The van der Waals surface area contributed by atoms with E-state index in [2.05, 4.69) is 37.4 Å². The van der Waals surface area contributed by atoms with E-state index in [1.54, 1.807) is 0 Å². The highest BCUT2D eigenvalue weighted by molar-refractivity contribution is 7.99. The first-order valence-electron chi connectivity index (χ1n) is 5.44. The molecule has 0 aromatic rings. The Morgan fingerprint density at radius 3 is 2.69 bits per heavy atom. The quantitative estimate of drug-likeness (QED) is 0.691. The largest absolute Gasteiger partial charge is 0.302 e. The molecule has 1 saturated heterocycles. The van der Waals surface area contributed by atoms with E-state index in [1.807, 2.05) is 0 Å². The molecular formula is C11H23NS. The highest BCUT2D eigenvalue weighted by Crippen LogP contribution is 2.22. The average Bonchev–Trinajstić information content (AvgIpc) is 2.32. The summed E-state index contributed by atoms with van der Waals surface area (Å²) in [6, 6.07) is 0. The minimum absolute atomic E-state index is 0.509. The molecule has 78 valence electrons. The van der Waals surface area contributed by atoms with Crippen LogP contribution in [0.25, 0.3) is 0 Å². The first-order valence-corrected chi connectivity index (χ1v) is 6.59. The molecule has 0 bridgehead atoms. The fraction of sp³-hybridized carbons (Fsp3) is 1.00. The molecule has 2 heteroatoms. The maximum atomic E-state index is 2.64. The van der Waals surface area contributed by atoms with Gasteiger partial charge in [-0.2, -0.15) is 11.8 Å². The Kier molecular flexibility index (Phi) is 4.60. The van der Waals surface area contributed by atoms with Crippen molar-refractivity contribution in [2.75, 3.05) is 31.1 Å². The van der Waals surface area contributed by atoms with Crippen molar-refractivity contribution in [3.8, 4) is 0 Å². The van der Waals surface area contributed by atoms with Crippen LogP contribution in [0.4, 0.5) is 0 Å². The van der Waals surface area contributed by atoms with Gasteiger partial charge < -0.3 is 4.90 Å². The summed E-state index contributed by atoms with van der Waals surface area (Å²) in [5.41, 5.74) is 0.509. The van der Waals surface area contributed by atoms with Crippen molar-refractivity contribution in [1.82, 2.24) is 4.90 Å². The lowest BCUT2D eigenvalue weighted by atomic mass is 9.89. The van der Waals surface area contributed by atoms with Gasteiger partial charge in [0.05, 0.1) is 0 Å². The van der Waals surface area contributed by atoms with Crippen molar-refractivity contribution < 1.29 is 0 Å². The molecule has 0 aromatic heterocycles. The van der Waals surface area contributed by atoms with E-state index in [0.717, 1.165) is 0 Å². The van der Waals surface area contributed by atoms with Gasteiger partial charge in [-0.05, 0) is 30.6 Å². The molecule has 1 aliphatic rings. The second-order valence-corrected chi connectivity index (χ2v) is 5.98. The van der Waals surface area contributed by atoms with Crippen molar-refractivity contribution >= 4 is 11.8 Å². The second-order valence-electron chi connectivity index (χ2n) is 4.76. The molecule has 1 heterocycles. The summed E-state index contributed by atoms with van der Waals surface area (Å²) in [5.74, 6) is 2.70. The molecule has 0 atom stereocenters. The van der Waals surface area contributed by atoms with E-state index >= 15 is 0 Å². The molecule has 0 saturated carbocycles. The molecule has 0 amide bonds.